The Morgan fingerprint density at radius 2 is 2.00 bits per heavy atom. The van der Waals surface area contributed by atoms with Crippen LogP contribution < -0.4 is 4.74 Å². The van der Waals surface area contributed by atoms with Crippen LogP contribution in [0.1, 0.15) is 18.2 Å². The van der Waals surface area contributed by atoms with Gasteiger partial charge in [0.15, 0.2) is 0 Å². The van der Waals surface area contributed by atoms with Crippen molar-refractivity contribution in [2.24, 2.45) is 0 Å². The van der Waals surface area contributed by atoms with Gasteiger partial charge in [0.25, 0.3) is 0 Å². The van der Waals surface area contributed by atoms with Gasteiger partial charge in [0.1, 0.15) is 11.5 Å². The summed E-state index contributed by atoms with van der Waals surface area (Å²) in [6.45, 7) is 2.68. The van der Waals surface area contributed by atoms with Crippen molar-refractivity contribution in [3.63, 3.8) is 0 Å². The topological polar surface area (TPSA) is 22.4 Å². The molecule has 78 valence electrons. The monoisotopic (exact) mass is 202 g/mol. The zero-order valence-electron chi connectivity index (χ0n) is 8.77. The van der Waals surface area contributed by atoms with Crippen LogP contribution in [0.15, 0.2) is 47.1 Å². The fourth-order valence-electron chi connectivity index (χ4n) is 1.55. The van der Waals surface area contributed by atoms with Crippen LogP contribution in [0.2, 0.25) is 0 Å². The first-order valence-corrected chi connectivity index (χ1v) is 5.13. The molecule has 0 spiro atoms. The second kappa shape index (κ2) is 4.69. The van der Waals surface area contributed by atoms with Gasteiger partial charge in [-0.25, -0.2) is 0 Å². The van der Waals surface area contributed by atoms with Crippen molar-refractivity contribution in [3.05, 3.63) is 54.0 Å². The van der Waals surface area contributed by atoms with E-state index < -0.39 is 0 Å². The van der Waals surface area contributed by atoms with Crippen LogP contribution in [-0.2, 0) is 6.42 Å². The van der Waals surface area contributed by atoms with Gasteiger partial charge >= 0.3 is 0 Å². The number of hydrogen-bond donors (Lipinski definition) is 0. The van der Waals surface area contributed by atoms with Crippen LogP contribution in [-0.4, -0.2) is 6.61 Å². The Labute approximate surface area is 89.5 Å². The first kappa shape index (κ1) is 9.84. The maximum absolute atomic E-state index is 5.54. The number of furan rings is 1. The Kier molecular flexibility index (Phi) is 3.08. The number of para-hydroxylation sites is 1. The van der Waals surface area contributed by atoms with E-state index >= 15 is 0 Å². The maximum atomic E-state index is 5.54. The molecule has 0 aliphatic rings. The third-order valence-corrected chi connectivity index (χ3v) is 2.22. The van der Waals surface area contributed by atoms with E-state index in [4.69, 9.17) is 9.15 Å². The molecule has 1 aromatic heterocycles. The summed E-state index contributed by atoms with van der Waals surface area (Å²) in [5.41, 5.74) is 1.16. The minimum absolute atomic E-state index is 0.690. The molecule has 0 amide bonds. The molecule has 2 nitrogen and oxygen atoms in total. The van der Waals surface area contributed by atoms with Crippen molar-refractivity contribution in [3.8, 4) is 5.75 Å². The van der Waals surface area contributed by atoms with Crippen LogP contribution in [0, 0.1) is 0 Å². The quantitative estimate of drug-likeness (QED) is 0.759. The summed E-state index contributed by atoms with van der Waals surface area (Å²) < 4.78 is 10.9. The molecular weight excluding hydrogens is 188 g/mol. The average molecular weight is 202 g/mol. The number of rotatable bonds is 4. The summed E-state index contributed by atoms with van der Waals surface area (Å²) in [5, 5.41) is 0. The predicted octanol–water partition coefficient (Wildman–Crippen LogP) is 3.27. The molecule has 0 aliphatic carbocycles. The second-order valence-electron chi connectivity index (χ2n) is 3.30. The van der Waals surface area contributed by atoms with E-state index in [2.05, 4.69) is 6.07 Å². The minimum Gasteiger partial charge on any atom is -0.494 e. The van der Waals surface area contributed by atoms with E-state index in [0.29, 0.717) is 6.61 Å². The first-order chi connectivity index (χ1) is 7.40. The van der Waals surface area contributed by atoms with Crippen LogP contribution in [0.5, 0.6) is 5.75 Å². The first-order valence-electron chi connectivity index (χ1n) is 5.13. The normalized spacial score (nSPS) is 10.2. The van der Waals surface area contributed by atoms with E-state index in [1.807, 2.05) is 37.3 Å². The molecule has 0 saturated heterocycles. The van der Waals surface area contributed by atoms with Gasteiger partial charge in [-0.3, -0.25) is 0 Å². The van der Waals surface area contributed by atoms with Crippen LogP contribution in [0.4, 0.5) is 0 Å². The highest BCUT2D eigenvalue weighted by molar-refractivity contribution is 5.35. The molecule has 15 heavy (non-hydrogen) atoms. The number of ether oxygens (including phenoxy) is 1. The summed E-state index contributed by atoms with van der Waals surface area (Å²) in [7, 11) is 0. The van der Waals surface area contributed by atoms with Gasteiger partial charge < -0.3 is 9.15 Å². The standard InChI is InChI=1S/C13H14O2/c1-2-14-13-8-4-3-6-11(13)10-12-7-5-9-15-12/h3-9H,2,10H2,1H3. The highest BCUT2D eigenvalue weighted by Gasteiger charge is 2.04. The van der Waals surface area contributed by atoms with Crippen LogP contribution in [0.25, 0.3) is 0 Å². The van der Waals surface area contributed by atoms with Gasteiger partial charge in [0.2, 0.25) is 0 Å². The van der Waals surface area contributed by atoms with E-state index in [0.717, 1.165) is 23.5 Å². The molecule has 2 aromatic rings. The maximum Gasteiger partial charge on any atom is 0.122 e. The van der Waals surface area contributed by atoms with Crippen molar-refractivity contribution in [1.29, 1.82) is 0 Å². The molecule has 1 heterocycles. The van der Waals surface area contributed by atoms with E-state index in [9.17, 15) is 0 Å². The highest BCUT2D eigenvalue weighted by atomic mass is 16.5. The summed E-state index contributed by atoms with van der Waals surface area (Å²) in [6, 6.07) is 11.9. The lowest BCUT2D eigenvalue weighted by atomic mass is 10.1. The lowest BCUT2D eigenvalue weighted by Crippen LogP contribution is -1.96. The summed E-state index contributed by atoms with van der Waals surface area (Å²) >= 11 is 0. The van der Waals surface area contributed by atoms with Crippen molar-refractivity contribution >= 4 is 0 Å². The summed E-state index contributed by atoms with van der Waals surface area (Å²) in [4.78, 5) is 0. The van der Waals surface area contributed by atoms with Gasteiger partial charge in [-0.15, -0.1) is 0 Å². The lowest BCUT2D eigenvalue weighted by molar-refractivity contribution is 0.336. The fourth-order valence-corrected chi connectivity index (χ4v) is 1.55. The Balaban J connectivity index is 2.20. The summed E-state index contributed by atoms with van der Waals surface area (Å²) in [5.74, 6) is 1.90. The molecule has 2 heteroatoms. The molecule has 0 bridgehead atoms. The zero-order valence-corrected chi connectivity index (χ0v) is 8.77. The molecule has 2 rings (SSSR count). The Bertz CT molecular complexity index is 404. The lowest BCUT2D eigenvalue weighted by Gasteiger charge is -2.08. The molecule has 0 saturated carbocycles. The Morgan fingerprint density at radius 3 is 2.73 bits per heavy atom. The van der Waals surface area contributed by atoms with Gasteiger partial charge in [-0.1, -0.05) is 18.2 Å². The highest BCUT2D eigenvalue weighted by Crippen LogP contribution is 2.21. The molecule has 0 N–H and O–H groups in total. The van der Waals surface area contributed by atoms with E-state index in [1.165, 1.54) is 0 Å². The van der Waals surface area contributed by atoms with Crippen molar-refractivity contribution < 1.29 is 9.15 Å². The van der Waals surface area contributed by atoms with Crippen molar-refractivity contribution in [2.75, 3.05) is 6.61 Å². The molecule has 1 aromatic carbocycles. The fraction of sp³-hybridized carbons (Fsp3) is 0.231. The third kappa shape index (κ3) is 2.40. The molecule has 0 radical (unpaired) electrons. The van der Waals surface area contributed by atoms with Gasteiger partial charge in [0.05, 0.1) is 12.9 Å². The molecule has 0 fully saturated rings. The predicted molar refractivity (Wildman–Crippen MR) is 59.1 cm³/mol. The third-order valence-electron chi connectivity index (χ3n) is 2.22. The smallest absolute Gasteiger partial charge is 0.122 e. The van der Waals surface area contributed by atoms with Crippen molar-refractivity contribution in [2.45, 2.75) is 13.3 Å². The van der Waals surface area contributed by atoms with E-state index in [1.54, 1.807) is 6.26 Å². The van der Waals surface area contributed by atoms with Crippen LogP contribution >= 0.6 is 0 Å². The molecular formula is C13H14O2. The average Bonchev–Trinajstić information content (AvgIpc) is 2.74. The van der Waals surface area contributed by atoms with Crippen LogP contribution in [0.3, 0.4) is 0 Å². The summed E-state index contributed by atoms with van der Waals surface area (Å²) in [6.07, 6.45) is 2.47. The molecule has 0 aliphatic heterocycles. The SMILES string of the molecule is CCOc1ccccc1Cc1ccco1. The number of benzene rings is 1. The Morgan fingerprint density at radius 1 is 1.13 bits per heavy atom. The van der Waals surface area contributed by atoms with Gasteiger partial charge in [-0.05, 0) is 25.1 Å². The Hall–Kier alpha value is -1.70. The van der Waals surface area contributed by atoms with Gasteiger partial charge in [-0.2, -0.15) is 0 Å². The largest absolute Gasteiger partial charge is 0.494 e. The minimum atomic E-state index is 0.690. The van der Waals surface area contributed by atoms with E-state index in [-0.39, 0.29) is 0 Å². The molecule has 0 unspecified atom stereocenters. The van der Waals surface area contributed by atoms with Gasteiger partial charge in [0, 0.05) is 12.0 Å². The number of hydrogen-bond acceptors (Lipinski definition) is 2. The molecule has 0 atom stereocenters. The zero-order chi connectivity index (χ0) is 10.5. The van der Waals surface area contributed by atoms with Crippen molar-refractivity contribution in [1.82, 2.24) is 0 Å². The second-order valence-corrected chi connectivity index (χ2v) is 3.30.